The molecule has 174 valence electrons. The Balaban J connectivity index is 0.000000240. The summed E-state index contributed by atoms with van der Waals surface area (Å²) in [5, 5.41) is 27.4. The van der Waals surface area contributed by atoms with E-state index in [4.69, 9.17) is 10.2 Å². The Morgan fingerprint density at radius 1 is 0.688 bits per heavy atom. The molecule has 3 aromatic carbocycles. The molecule has 0 aliphatic heterocycles. The molecule has 3 nitrogen and oxygen atoms in total. The minimum atomic E-state index is 0.174. The SMILES string of the molecule is CC(C)(C)c1ccc(O)cc1.CC(C)c1ccc(O)cc1.CCc1ccc(CC)c(O)c1. The van der Waals surface area contributed by atoms with Crippen molar-refractivity contribution in [3.63, 3.8) is 0 Å². The Bertz CT molecular complexity index is 918. The summed E-state index contributed by atoms with van der Waals surface area (Å²) >= 11 is 0. The highest BCUT2D eigenvalue weighted by atomic mass is 16.3. The molecule has 0 aromatic heterocycles. The van der Waals surface area contributed by atoms with E-state index in [1.54, 1.807) is 24.3 Å². The quantitative estimate of drug-likeness (QED) is 0.394. The molecule has 0 fully saturated rings. The summed E-state index contributed by atoms with van der Waals surface area (Å²) in [6, 6.07) is 20.6. The monoisotopic (exact) mass is 436 g/mol. The molecule has 0 aliphatic carbocycles. The third kappa shape index (κ3) is 9.47. The molecule has 3 rings (SSSR count). The van der Waals surface area contributed by atoms with Crippen LogP contribution in [-0.2, 0) is 18.3 Å². The number of benzene rings is 3. The first-order chi connectivity index (χ1) is 15.0. The second kappa shape index (κ2) is 12.8. The zero-order valence-electron chi connectivity index (χ0n) is 20.7. The van der Waals surface area contributed by atoms with Crippen LogP contribution in [-0.4, -0.2) is 15.3 Å². The third-order valence-corrected chi connectivity index (χ3v) is 5.23. The summed E-state index contributed by atoms with van der Waals surface area (Å²) in [4.78, 5) is 0. The zero-order chi connectivity index (χ0) is 24.3. The van der Waals surface area contributed by atoms with E-state index in [-0.39, 0.29) is 5.41 Å². The molecular formula is C29H40O3. The van der Waals surface area contributed by atoms with Gasteiger partial charge in [-0.25, -0.2) is 0 Å². The lowest BCUT2D eigenvalue weighted by Crippen LogP contribution is -2.10. The van der Waals surface area contributed by atoms with E-state index in [1.807, 2.05) is 43.3 Å². The average molecular weight is 437 g/mol. The van der Waals surface area contributed by atoms with Crippen LogP contribution in [0.15, 0.2) is 66.7 Å². The smallest absolute Gasteiger partial charge is 0.119 e. The second-order valence-corrected chi connectivity index (χ2v) is 9.21. The van der Waals surface area contributed by atoms with Gasteiger partial charge in [0.05, 0.1) is 0 Å². The minimum absolute atomic E-state index is 0.174. The number of hydrogen-bond acceptors (Lipinski definition) is 3. The Morgan fingerprint density at radius 2 is 1.19 bits per heavy atom. The van der Waals surface area contributed by atoms with Gasteiger partial charge in [0, 0.05) is 0 Å². The normalized spacial score (nSPS) is 10.6. The Morgan fingerprint density at radius 3 is 1.56 bits per heavy atom. The van der Waals surface area contributed by atoms with Crippen molar-refractivity contribution in [1.29, 1.82) is 0 Å². The van der Waals surface area contributed by atoms with Gasteiger partial charge in [-0.1, -0.05) is 84.9 Å². The van der Waals surface area contributed by atoms with Gasteiger partial charge in [-0.05, 0) is 76.8 Å². The van der Waals surface area contributed by atoms with E-state index in [9.17, 15) is 5.11 Å². The zero-order valence-corrected chi connectivity index (χ0v) is 20.7. The maximum Gasteiger partial charge on any atom is 0.119 e. The molecule has 3 heteroatoms. The van der Waals surface area contributed by atoms with Gasteiger partial charge in [0.15, 0.2) is 0 Å². The Kier molecular flexibility index (Phi) is 10.8. The number of aryl methyl sites for hydroxylation is 2. The Labute approximate surface area is 194 Å². The van der Waals surface area contributed by atoms with Gasteiger partial charge in [-0.3, -0.25) is 0 Å². The van der Waals surface area contributed by atoms with Crippen LogP contribution in [0.25, 0.3) is 0 Å². The molecule has 0 amide bonds. The fraction of sp³-hybridized carbons (Fsp3) is 0.379. The summed E-state index contributed by atoms with van der Waals surface area (Å²) in [5.41, 5.74) is 4.91. The van der Waals surface area contributed by atoms with Gasteiger partial charge in [0.25, 0.3) is 0 Å². The fourth-order valence-electron chi connectivity index (χ4n) is 2.95. The highest BCUT2D eigenvalue weighted by Gasteiger charge is 2.12. The van der Waals surface area contributed by atoms with Crippen molar-refractivity contribution < 1.29 is 15.3 Å². The van der Waals surface area contributed by atoms with Crippen molar-refractivity contribution >= 4 is 0 Å². The molecule has 0 saturated carbocycles. The van der Waals surface area contributed by atoms with E-state index >= 15 is 0 Å². The number of rotatable bonds is 3. The molecule has 0 radical (unpaired) electrons. The van der Waals surface area contributed by atoms with Crippen LogP contribution >= 0.6 is 0 Å². The average Bonchev–Trinajstić information content (AvgIpc) is 2.74. The van der Waals surface area contributed by atoms with Crippen molar-refractivity contribution in [2.24, 2.45) is 0 Å². The van der Waals surface area contributed by atoms with Gasteiger partial charge in [0.1, 0.15) is 17.2 Å². The lowest BCUT2D eigenvalue weighted by atomic mass is 9.87. The van der Waals surface area contributed by atoms with Gasteiger partial charge >= 0.3 is 0 Å². The first-order valence-electron chi connectivity index (χ1n) is 11.4. The van der Waals surface area contributed by atoms with E-state index < -0.39 is 0 Å². The number of hydrogen-bond donors (Lipinski definition) is 3. The van der Waals surface area contributed by atoms with Crippen LogP contribution < -0.4 is 0 Å². The highest BCUT2D eigenvalue weighted by Crippen LogP contribution is 2.23. The van der Waals surface area contributed by atoms with E-state index in [0.29, 0.717) is 23.2 Å². The van der Waals surface area contributed by atoms with E-state index in [2.05, 4.69) is 47.6 Å². The molecular weight excluding hydrogens is 396 g/mol. The van der Waals surface area contributed by atoms with Crippen LogP contribution in [0.4, 0.5) is 0 Å². The number of aromatic hydroxyl groups is 3. The molecule has 0 aliphatic rings. The fourth-order valence-corrected chi connectivity index (χ4v) is 2.95. The van der Waals surface area contributed by atoms with Gasteiger partial charge < -0.3 is 15.3 Å². The topological polar surface area (TPSA) is 60.7 Å². The summed E-state index contributed by atoms with van der Waals surface area (Å²) < 4.78 is 0. The summed E-state index contributed by atoms with van der Waals surface area (Å²) in [5.74, 6) is 1.65. The summed E-state index contributed by atoms with van der Waals surface area (Å²) in [6.45, 7) is 14.8. The van der Waals surface area contributed by atoms with Crippen molar-refractivity contribution in [1.82, 2.24) is 0 Å². The van der Waals surface area contributed by atoms with Crippen LogP contribution in [0.2, 0.25) is 0 Å². The van der Waals surface area contributed by atoms with Crippen molar-refractivity contribution in [3.05, 3.63) is 89.0 Å². The first-order valence-corrected chi connectivity index (χ1v) is 11.4. The van der Waals surface area contributed by atoms with E-state index in [0.717, 1.165) is 18.4 Å². The largest absolute Gasteiger partial charge is 0.508 e. The molecule has 32 heavy (non-hydrogen) atoms. The predicted octanol–water partition coefficient (Wildman–Crippen LogP) is 7.72. The van der Waals surface area contributed by atoms with Crippen LogP contribution in [0.1, 0.15) is 76.6 Å². The van der Waals surface area contributed by atoms with Gasteiger partial charge in [-0.2, -0.15) is 0 Å². The molecule has 0 bridgehead atoms. The molecule has 0 heterocycles. The number of phenols is 3. The van der Waals surface area contributed by atoms with Crippen molar-refractivity contribution in [2.45, 2.75) is 72.6 Å². The van der Waals surface area contributed by atoms with Crippen molar-refractivity contribution in [3.8, 4) is 17.2 Å². The maximum atomic E-state index is 9.42. The molecule has 0 atom stereocenters. The molecule has 3 aromatic rings. The van der Waals surface area contributed by atoms with E-state index in [1.165, 1.54) is 16.7 Å². The van der Waals surface area contributed by atoms with Crippen LogP contribution in [0, 0.1) is 0 Å². The van der Waals surface area contributed by atoms with Crippen molar-refractivity contribution in [2.75, 3.05) is 0 Å². The standard InChI is InChI=1S/2C10H14O.C9H12O/c1-10(2,3)8-4-6-9(11)7-5-8;1-3-8-5-6-9(4-2)10(11)7-8;1-7(2)8-3-5-9(10)6-4-8/h4-7,11H,1-3H3;5-7,11H,3-4H2,1-2H3;3-7,10H,1-2H3. The number of phenolic OH excluding ortho intramolecular Hbond substituents is 3. The molecule has 0 spiro atoms. The van der Waals surface area contributed by atoms with Crippen LogP contribution in [0.3, 0.4) is 0 Å². The molecule has 3 N–H and O–H groups in total. The van der Waals surface area contributed by atoms with Crippen LogP contribution in [0.5, 0.6) is 17.2 Å². The molecule has 0 unspecified atom stereocenters. The highest BCUT2D eigenvalue weighted by molar-refractivity contribution is 5.36. The summed E-state index contributed by atoms with van der Waals surface area (Å²) in [7, 11) is 0. The Hall–Kier alpha value is -2.94. The predicted molar refractivity (Wildman–Crippen MR) is 136 cm³/mol. The lowest BCUT2D eigenvalue weighted by molar-refractivity contribution is 0.468. The second-order valence-electron chi connectivity index (χ2n) is 9.21. The molecule has 0 saturated heterocycles. The third-order valence-electron chi connectivity index (χ3n) is 5.23. The van der Waals surface area contributed by atoms with Gasteiger partial charge in [-0.15, -0.1) is 0 Å². The summed E-state index contributed by atoms with van der Waals surface area (Å²) in [6.07, 6.45) is 1.88. The minimum Gasteiger partial charge on any atom is -0.508 e. The van der Waals surface area contributed by atoms with Gasteiger partial charge in [0.2, 0.25) is 0 Å². The maximum absolute atomic E-state index is 9.42. The lowest BCUT2D eigenvalue weighted by Gasteiger charge is -2.18. The first kappa shape index (κ1) is 27.1.